The number of nitrogens with one attached hydrogen (secondary N) is 1. The highest BCUT2D eigenvalue weighted by atomic mass is 79.9. The molecule has 0 fully saturated rings. The number of ether oxygens (including phenoxy) is 2. The molecule has 126 valence electrons. The van der Waals surface area contributed by atoms with Gasteiger partial charge < -0.3 is 13.9 Å². The third kappa shape index (κ3) is 3.34. The normalized spacial score (nSPS) is 12.2. The molecule has 1 N–H and O–H groups in total. The van der Waals surface area contributed by atoms with Gasteiger partial charge in [-0.05, 0) is 45.8 Å². The first-order valence-corrected chi connectivity index (χ1v) is 8.25. The number of halogens is 1. The monoisotopic (exact) mass is 401 g/mol. The zero-order chi connectivity index (χ0) is 17.2. The van der Waals surface area contributed by atoms with E-state index in [0.29, 0.717) is 28.1 Å². The second-order valence-electron chi connectivity index (χ2n) is 5.30. The van der Waals surface area contributed by atoms with Gasteiger partial charge in [-0.1, -0.05) is 23.3 Å². The summed E-state index contributed by atoms with van der Waals surface area (Å²) < 4.78 is 16.8. The molecule has 3 aromatic rings. The molecule has 8 heteroatoms. The molecule has 7 nitrogen and oxygen atoms in total. The highest BCUT2D eigenvalue weighted by Crippen LogP contribution is 2.33. The lowest BCUT2D eigenvalue weighted by Gasteiger charge is -2.02. The fourth-order valence-corrected chi connectivity index (χ4v) is 2.88. The molecule has 0 bridgehead atoms. The van der Waals surface area contributed by atoms with E-state index in [1.54, 1.807) is 18.2 Å². The zero-order valence-electron chi connectivity index (χ0n) is 12.9. The van der Waals surface area contributed by atoms with E-state index < -0.39 is 0 Å². The Labute approximate surface area is 151 Å². The van der Waals surface area contributed by atoms with Crippen LogP contribution >= 0.6 is 15.9 Å². The lowest BCUT2D eigenvalue weighted by molar-refractivity contribution is 0.102. The molecule has 25 heavy (non-hydrogen) atoms. The molecule has 1 aliphatic rings. The molecule has 2 heterocycles. The summed E-state index contributed by atoms with van der Waals surface area (Å²) in [6, 6.07) is 12.7. The number of hydrogen-bond donors (Lipinski definition) is 1. The van der Waals surface area contributed by atoms with Gasteiger partial charge in [-0.15, -0.1) is 5.10 Å². The minimum atomic E-state index is -0.328. The van der Waals surface area contributed by atoms with Gasteiger partial charge in [0.1, 0.15) is 0 Å². The van der Waals surface area contributed by atoms with Crippen molar-refractivity contribution < 1.29 is 18.7 Å². The summed E-state index contributed by atoms with van der Waals surface area (Å²) in [5, 5.41) is 10.4. The Morgan fingerprint density at radius 1 is 1.12 bits per heavy atom. The third-order valence-corrected chi connectivity index (χ3v) is 4.29. The second-order valence-corrected chi connectivity index (χ2v) is 6.15. The Morgan fingerprint density at radius 2 is 1.96 bits per heavy atom. The van der Waals surface area contributed by atoms with Crippen LogP contribution in [0.2, 0.25) is 0 Å². The molecule has 0 aliphatic carbocycles. The number of anilines is 1. The van der Waals surface area contributed by atoms with Crippen LogP contribution in [0, 0.1) is 0 Å². The van der Waals surface area contributed by atoms with E-state index in [2.05, 4.69) is 31.4 Å². The minimum absolute atomic E-state index is 0.0523. The largest absolute Gasteiger partial charge is 0.454 e. The number of amides is 1. The Kier molecular flexibility index (Phi) is 4.10. The number of hydrogen-bond acceptors (Lipinski definition) is 6. The molecule has 2 aromatic carbocycles. The van der Waals surface area contributed by atoms with Crippen LogP contribution in [-0.2, 0) is 6.42 Å². The van der Waals surface area contributed by atoms with E-state index >= 15 is 0 Å². The maximum Gasteiger partial charge on any atom is 0.322 e. The first kappa shape index (κ1) is 15.6. The molecule has 1 aromatic heterocycles. The van der Waals surface area contributed by atoms with Crippen molar-refractivity contribution in [3.63, 3.8) is 0 Å². The number of nitrogens with zero attached hydrogens (tertiary/aromatic N) is 2. The zero-order valence-corrected chi connectivity index (χ0v) is 14.4. The van der Waals surface area contributed by atoms with Crippen LogP contribution in [0.1, 0.15) is 21.8 Å². The Morgan fingerprint density at radius 3 is 2.84 bits per heavy atom. The lowest BCUT2D eigenvalue weighted by atomic mass is 10.1. The summed E-state index contributed by atoms with van der Waals surface area (Å²) in [5.74, 6) is 1.47. The third-order valence-electron chi connectivity index (χ3n) is 3.60. The van der Waals surface area contributed by atoms with Crippen molar-refractivity contribution in [3.8, 4) is 11.5 Å². The number of benzene rings is 2. The van der Waals surface area contributed by atoms with Crippen LogP contribution in [0.15, 0.2) is 51.4 Å². The van der Waals surface area contributed by atoms with Gasteiger partial charge >= 0.3 is 6.01 Å². The Hall–Kier alpha value is -2.87. The van der Waals surface area contributed by atoms with Gasteiger partial charge in [0.15, 0.2) is 11.5 Å². The molecule has 0 atom stereocenters. The molecule has 0 spiro atoms. The van der Waals surface area contributed by atoms with E-state index in [9.17, 15) is 4.79 Å². The van der Waals surface area contributed by atoms with Crippen molar-refractivity contribution in [2.45, 2.75) is 6.42 Å². The van der Waals surface area contributed by atoms with E-state index in [1.165, 1.54) is 0 Å². The standard InChI is InChI=1S/C17H12BrN3O4/c18-12-4-2-1-3-11(12)16(22)19-17-21-20-15(25-17)8-10-5-6-13-14(7-10)24-9-23-13/h1-7H,8-9H2,(H,19,21,22). The summed E-state index contributed by atoms with van der Waals surface area (Å²) in [7, 11) is 0. The predicted octanol–water partition coefficient (Wildman–Crippen LogP) is 3.40. The van der Waals surface area contributed by atoms with Crippen LogP contribution in [0.4, 0.5) is 6.01 Å². The predicted molar refractivity (Wildman–Crippen MR) is 91.8 cm³/mol. The Bertz CT molecular complexity index is 941. The minimum Gasteiger partial charge on any atom is -0.454 e. The van der Waals surface area contributed by atoms with Gasteiger partial charge in [0.05, 0.1) is 12.0 Å². The fourth-order valence-electron chi connectivity index (χ4n) is 2.41. The van der Waals surface area contributed by atoms with Gasteiger partial charge in [-0.2, -0.15) is 0 Å². The maximum absolute atomic E-state index is 12.2. The molecule has 1 aliphatic heterocycles. The smallest absolute Gasteiger partial charge is 0.322 e. The molecule has 0 saturated carbocycles. The second kappa shape index (κ2) is 6.56. The van der Waals surface area contributed by atoms with Crippen LogP contribution in [-0.4, -0.2) is 22.9 Å². The molecular formula is C17H12BrN3O4. The van der Waals surface area contributed by atoms with Gasteiger partial charge in [0.2, 0.25) is 12.7 Å². The lowest BCUT2D eigenvalue weighted by Crippen LogP contribution is -2.12. The van der Waals surface area contributed by atoms with Gasteiger partial charge in [-0.3, -0.25) is 10.1 Å². The topological polar surface area (TPSA) is 86.5 Å². The van der Waals surface area contributed by atoms with Crippen molar-refractivity contribution >= 4 is 27.9 Å². The average molecular weight is 402 g/mol. The highest BCUT2D eigenvalue weighted by molar-refractivity contribution is 9.10. The van der Waals surface area contributed by atoms with E-state index in [4.69, 9.17) is 13.9 Å². The van der Waals surface area contributed by atoms with Crippen molar-refractivity contribution in [1.82, 2.24) is 10.2 Å². The Balaban J connectivity index is 1.45. The van der Waals surface area contributed by atoms with Crippen LogP contribution in [0.5, 0.6) is 11.5 Å². The summed E-state index contributed by atoms with van der Waals surface area (Å²) >= 11 is 3.33. The number of carbonyl (C=O) groups is 1. The van der Waals surface area contributed by atoms with Crippen molar-refractivity contribution in [1.29, 1.82) is 0 Å². The molecule has 0 radical (unpaired) electrons. The SMILES string of the molecule is O=C(Nc1nnc(Cc2ccc3c(c2)OCO3)o1)c1ccccc1Br. The summed E-state index contributed by atoms with van der Waals surface area (Å²) in [5.41, 5.74) is 1.43. The number of carbonyl (C=O) groups excluding carboxylic acids is 1. The van der Waals surface area contributed by atoms with Crippen LogP contribution < -0.4 is 14.8 Å². The molecule has 0 saturated heterocycles. The van der Waals surface area contributed by atoms with E-state index in [1.807, 2.05) is 24.3 Å². The van der Waals surface area contributed by atoms with Crippen molar-refractivity contribution in [2.75, 3.05) is 12.1 Å². The van der Waals surface area contributed by atoms with Gasteiger partial charge in [-0.25, -0.2) is 0 Å². The molecular weight excluding hydrogens is 390 g/mol. The molecule has 4 rings (SSSR count). The molecule has 1 amide bonds. The van der Waals surface area contributed by atoms with Crippen LogP contribution in [0.3, 0.4) is 0 Å². The first-order valence-electron chi connectivity index (χ1n) is 7.46. The number of fused-ring (bicyclic) bond motifs is 1. The van der Waals surface area contributed by atoms with Gasteiger partial charge in [0, 0.05) is 4.47 Å². The summed E-state index contributed by atoms with van der Waals surface area (Å²) in [6.07, 6.45) is 0.425. The maximum atomic E-state index is 12.2. The summed E-state index contributed by atoms with van der Waals surface area (Å²) in [4.78, 5) is 12.2. The van der Waals surface area contributed by atoms with E-state index in [-0.39, 0.29) is 18.7 Å². The number of rotatable bonds is 4. The average Bonchev–Trinajstić information content (AvgIpc) is 3.24. The van der Waals surface area contributed by atoms with Crippen molar-refractivity contribution in [2.24, 2.45) is 0 Å². The highest BCUT2D eigenvalue weighted by Gasteiger charge is 2.16. The first-order chi connectivity index (χ1) is 12.2. The summed E-state index contributed by atoms with van der Waals surface area (Å²) in [6.45, 7) is 0.227. The quantitative estimate of drug-likeness (QED) is 0.720. The number of aromatic nitrogens is 2. The van der Waals surface area contributed by atoms with E-state index in [0.717, 1.165) is 11.3 Å². The van der Waals surface area contributed by atoms with Crippen molar-refractivity contribution in [3.05, 3.63) is 64.0 Å². The molecule has 0 unspecified atom stereocenters. The van der Waals surface area contributed by atoms with Crippen LogP contribution in [0.25, 0.3) is 0 Å². The van der Waals surface area contributed by atoms with Gasteiger partial charge in [0.25, 0.3) is 5.91 Å². The fraction of sp³-hybridized carbons (Fsp3) is 0.118.